The summed E-state index contributed by atoms with van der Waals surface area (Å²) in [7, 11) is 0.573. The van der Waals surface area contributed by atoms with Gasteiger partial charge < -0.3 is 15.1 Å². The summed E-state index contributed by atoms with van der Waals surface area (Å²) >= 11 is 0. The van der Waals surface area contributed by atoms with Crippen molar-refractivity contribution in [2.75, 3.05) is 48.5 Å². The van der Waals surface area contributed by atoms with E-state index in [0.717, 1.165) is 18.4 Å². The third kappa shape index (κ3) is 3.98. The van der Waals surface area contributed by atoms with E-state index in [1.807, 2.05) is 37.2 Å². The van der Waals surface area contributed by atoms with Crippen molar-refractivity contribution in [3.63, 3.8) is 0 Å². The molecule has 1 aliphatic heterocycles. The van der Waals surface area contributed by atoms with Crippen molar-refractivity contribution in [2.24, 2.45) is 0 Å². The molecule has 178 valence electrons. The summed E-state index contributed by atoms with van der Waals surface area (Å²) in [6.45, 7) is 0.418. The first-order valence-electron chi connectivity index (χ1n) is 11.4. The second-order valence-electron chi connectivity index (χ2n) is 9.11. The lowest BCUT2D eigenvalue weighted by molar-refractivity contribution is 0.0937. The van der Waals surface area contributed by atoms with Crippen LogP contribution in [0, 0.1) is 5.82 Å². The second kappa shape index (κ2) is 8.54. The first-order valence-corrected chi connectivity index (χ1v) is 13.2. The Balaban J connectivity index is 1.53. The first kappa shape index (κ1) is 22.6. The zero-order valence-corrected chi connectivity index (χ0v) is 20.0. The number of carbonyl (C=O) groups is 1. The number of benzene rings is 2. The minimum atomic E-state index is -3.11. The summed E-state index contributed by atoms with van der Waals surface area (Å²) in [6.07, 6.45) is 3.26. The van der Waals surface area contributed by atoms with Crippen molar-refractivity contribution in [2.45, 2.75) is 18.9 Å². The highest BCUT2D eigenvalue weighted by atomic mass is 32.2. The molecule has 1 N–H and O–H groups in total. The number of nitrogens with one attached hydrogen (secondary N) is 1. The lowest BCUT2D eigenvalue weighted by Crippen LogP contribution is -2.40. The maximum absolute atomic E-state index is 15.0. The van der Waals surface area contributed by atoms with Crippen molar-refractivity contribution in [3.8, 4) is 0 Å². The number of sulfone groups is 1. The minimum Gasteiger partial charge on any atom is -0.376 e. The molecule has 1 fully saturated rings. The highest BCUT2D eigenvalue weighted by Gasteiger charge is 2.29. The van der Waals surface area contributed by atoms with E-state index in [-0.39, 0.29) is 42.2 Å². The van der Waals surface area contributed by atoms with Crippen LogP contribution in [0.4, 0.5) is 15.8 Å². The number of halogens is 1. The number of aryl methyl sites for hydroxylation is 1. The molecular formula is C25H27FN4O3S. The monoisotopic (exact) mass is 482 g/mol. The van der Waals surface area contributed by atoms with Gasteiger partial charge >= 0.3 is 0 Å². The quantitative estimate of drug-likeness (QED) is 0.616. The Morgan fingerprint density at radius 1 is 1.15 bits per heavy atom. The Hall–Kier alpha value is -3.20. The van der Waals surface area contributed by atoms with Crippen molar-refractivity contribution < 1.29 is 17.6 Å². The van der Waals surface area contributed by atoms with Crippen LogP contribution in [0.5, 0.6) is 0 Å². The fourth-order valence-electron chi connectivity index (χ4n) is 5.04. The van der Waals surface area contributed by atoms with Crippen LogP contribution in [0.2, 0.25) is 0 Å². The molecule has 3 aromatic rings. The van der Waals surface area contributed by atoms with Crippen molar-refractivity contribution in [1.82, 2.24) is 10.3 Å². The zero-order valence-electron chi connectivity index (χ0n) is 19.2. The average Bonchev–Trinajstić information content (AvgIpc) is 3.21. The van der Waals surface area contributed by atoms with Crippen LogP contribution in [-0.2, 0) is 16.3 Å². The third-order valence-electron chi connectivity index (χ3n) is 6.73. The van der Waals surface area contributed by atoms with E-state index in [9.17, 15) is 17.6 Å². The summed E-state index contributed by atoms with van der Waals surface area (Å²) in [4.78, 5) is 21.5. The van der Waals surface area contributed by atoms with Crippen LogP contribution < -0.4 is 15.1 Å². The van der Waals surface area contributed by atoms with Crippen LogP contribution in [0.15, 0.2) is 42.6 Å². The maximum atomic E-state index is 15.0. The van der Waals surface area contributed by atoms with Gasteiger partial charge in [-0.2, -0.15) is 0 Å². The number of pyridine rings is 1. The molecule has 0 saturated carbocycles. The summed E-state index contributed by atoms with van der Waals surface area (Å²) in [5.41, 5.74) is 4.17. The van der Waals surface area contributed by atoms with Gasteiger partial charge in [-0.05, 0) is 36.1 Å². The molecule has 34 heavy (non-hydrogen) atoms. The molecule has 1 amide bonds. The molecule has 2 aliphatic rings. The number of amides is 1. The second-order valence-corrected chi connectivity index (χ2v) is 11.4. The van der Waals surface area contributed by atoms with Gasteiger partial charge in [-0.15, -0.1) is 0 Å². The predicted octanol–water partition coefficient (Wildman–Crippen LogP) is 3.09. The number of anilines is 2. The van der Waals surface area contributed by atoms with Crippen molar-refractivity contribution in [3.05, 3.63) is 65.1 Å². The van der Waals surface area contributed by atoms with Gasteiger partial charge in [0.1, 0.15) is 5.82 Å². The van der Waals surface area contributed by atoms with E-state index in [4.69, 9.17) is 0 Å². The van der Waals surface area contributed by atoms with E-state index in [1.165, 1.54) is 17.8 Å². The highest BCUT2D eigenvalue weighted by molar-refractivity contribution is 7.91. The minimum absolute atomic E-state index is 0.0211. The van der Waals surface area contributed by atoms with Crippen LogP contribution in [-0.4, -0.2) is 58.0 Å². The molecule has 0 bridgehead atoms. The molecule has 1 aliphatic carbocycles. The maximum Gasteiger partial charge on any atom is 0.255 e. The molecular weight excluding hydrogens is 455 g/mol. The van der Waals surface area contributed by atoms with E-state index >= 15 is 0 Å². The lowest BCUT2D eigenvalue weighted by Gasteiger charge is -2.30. The van der Waals surface area contributed by atoms with Gasteiger partial charge in [-0.1, -0.05) is 24.3 Å². The molecule has 0 spiro atoms. The summed E-state index contributed by atoms with van der Waals surface area (Å²) in [5.74, 6) is -0.724. The van der Waals surface area contributed by atoms with E-state index in [1.54, 1.807) is 11.0 Å². The fraction of sp³-hybridized carbons (Fsp3) is 0.360. The third-order valence-corrected chi connectivity index (χ3v) is 8.33. The van der Waals surface area contributed by atoms with Crippen LogP contribution in [0.3, 0.4) is 0 Å². The van der Waals surface area contributed by atoms with Crippen LogP contribution in [0.25, 0.3) is 10.9 Å². The summed E-state index contributed by atoms with van der Waals surface area (Å²) < 4.78 is 38.7. The zero-order chi connectivity index (χ0) is 24.0. The van der Waals surface area contributed by atoms with Crippen molar-refractivity contribution >= 4 is 38.0 Å². The Morgan fingerprint density at radius 3 is 2.62 bits per heavy atom. The highest BCUT2D eigenvalue weighted by Crippen LogP contribution is 2.37. The molecule has 1 saturated heterocycles. The molecule has 7 nitrogen and oxygen atoms in total. The Morgan fingerprint density at radius 2 is 1.88 bits per heavy atom. The topological polar surface area (TPSA) is 82.6 Å². The number of carbonyl (C=O) groups excluding carboxylic acids is 1. The molecule has 2 heterocycles. The average molecular weight is 483 g/mol. The van der Waals surface area contributed by atoms with E-state index < -0.39 is 15.7 Å². The van der Waals surface area contributed by atoms with E-state index in [2.05, 4.69) is 16.4 Å². The molecule has 1 aromatic heterocycles. The molecule has 2 aromatic carbocycles. The Labute approximate surface area is 198 Å². The smallest absolute Gasteiger partial charge is 0.255 e. The fourth-order valence-corrected chi connectivity index (χ4v) is 6.24. The Bertz CT molecular complexity index is 1380. The molecule has 0 radical (unpaired) electrons. The molecule has 9 heteroatoms. The Kier molecular flexibility index (Phi) is 5.67. The summed E-state index contributed by atoms with van der Waals surface area (Å²) in [5, 5.41) is 3.80. The van der Waals surface area contributed by atoms with Gasteiger partial charge in [0.25, 0.3) is 5.91 Å². The summed E-state index contributed by atoms with van der Waals surface area (Å²) in [6, 6.07) is 11.1. The lowest BCUT2D eigenvalue weighted by atomic mass is 10.0. The van der Waals surface area contributed by atoms with Gasteiger partial charge in [-0.25, -0.2) is 12.8 Å². The molecule has 0 unspecified atom stereocenters. The standard InChI is InChI=1S/C25H27FN4O3S/c1-29(2)23-18-8-9-20(26)24(30-11-13-34(32,33)14-12-30)22(18)27-15-19(23)25(31)28-21-10-7-16-5-3-4-6-17(16)21/h3-6,8-9,15,21H,7,10-14H2,1-2H3,(H,28,31)/t21-/m0/s1. The van der Waals surface area contributed by atoms with Gasteiger partial charge in [0.2, 0.25) is 0 Å². The SMILES string of the molecule is CN(C)c1c(C(=O)N[C@H]2CCc3ccccc32)cnc2c(N3CCS(=O)(=O)CC3)c(F)ccc12. The van der Waals surface area contributed by atoms with Gasteiger partial charge in [0, 0.05) is 38.8 Å². The van der Waals surface area contributed by atoms with Crippen LogP contribution >= 0.6 is 0 Å². The predicted molar refractivity (Wildman–Crippen MR) is 132 cm³/mol. The van der Waals surface area contributed by atoms with Gasteiger partial charge in [0.15, 0.2) is 9.84 Å². The number of aromatic nitrogens is 1. The number of fused-ring (bicyclic) bond motifs is 2. The largest absolute Gasteiger partial charge is 0.376 e. The van der Waals surface area contributed by atoms with E-state index in [0.29, 0.717) is 22.2 Å². The van der Waals surface area contributed by atoms with Gasteiger partial charge in [0.05, 0.1) is 40.0 Å². The number of hydrogen-bond acceptors (Lipinski definition) is 6. The number of rotatable bonds is 4. The number of hydrogen-bond donors (Lipinski definition) is 1. The molecule has 1 atom stereocenters. The van der Waals surface area contributed by atoms with Gasteiger partial charge in [-0.3, -0.25) is 9.78 Å². The normalized spacial score (nSPS) is 19.1. The van der Waals surface area contributed by atoms with Crippen molar-refractivity contribution in [1.29, 1.82) is 0 Å². The number of nitrogens with zero attached hydrogens (tertiary/aromatic N) is 3. The molecule has 5 rings (SSSR count). The van der Waals surface area contributed by atoms with Crippen LogP contribution in [0.1, 0.15) is 33.9 Å². The first-order chi connectivity index (χ1) is 16.2.